The summed E-state index contributed by atoms with van der Waals surface area (Å²) in [4.78, 5) is 0. The van der Waals surface area contributed by atoms with Gasteiger partial charge in [-0.2, -0.15) is 0 Å². The third kappa shape index (κ3) is 5.48. The van der Waals surface area contributed by atoms with Gasteiger partial charge < -0.3 is 24.4 Å². The van der Waals surface area contributed by atoms with Crippen LogP contribution in [0.1, 0.15) is 33.1 Å². The van der Waals surface area contributed by atoms with E-state index in [1.165, 1.54) is 0 Å². The van der Waals surface area contributed by atoms with Gasteiger partial charge in [0.25, 0.3) is 0 Å². The number of ether oxygens (including phenoxy) is 3. The van der Waals surface area contributed by atoms with Crippen LogP contribution in [-0.2, 0) is 4.74 Å². The Morgan fingerprint density at radius 2 is 1.91 bits per heavy atom. The zero-order chi connectivity index (χ0) is 16.0. The van der Waals surface area contributed by atoms with Gasteiger partial charge in [0.2, 0.25) is 0 Å². The van der Waals surface area contributed by atoms with Gasteiger partial charge in [0.1, 0.15) is 18.1 Å². The standard InChI is InChI=1S/C17H26O5/c1-13(2)22-16-5-3-4-15(10-16)21-12-14(18)11-17(19)6-8-20-9-7-17/h3-5,10,13-14,18-19H,6-9,11-12H2,1-2H3. The molecule has 1 aromatic rings. The highest BCUT2D eigenvalue weighted by Crippen LogP contribution is 2.26. The summed E-state index contributed by atoms with van der Waals surface area (Å²) in [7, 11) is 0. The Morgan fingerprint density at radius 1 is 1.23 bits per heavy atom. The van der Waals surface area contributed by atoms with Crippen LogP contribution in [0.4, 0.5) is 0 Å². The average molecular weight is 310 g/mol. The number of rotatable bonds is 7. The zero-order valence-corrected chi connectivity index (χ0v) is 13.3. The van der Waals surface area contributed by atoms with Gasteiger partial charge in [0.05, 0.1) is 17.8 Å². The molecule has 124 valence electrons. The molecule has 1 saturated heterocycles. The Balaban J connectivity index is 1.81. The summed E-state index contributed by atoms with van der Waals surface area (Å²) in [6.07, 6.45) is 0.809. The average Bonchev–Trinajstić information content (AvgIpc) is 2.45. The van der Waals surface area contributed by atoms with E-state index < -0.39 is 11.7 Å². The molecule has 0 bridgehead atoms. The summed E-state index contributed by atoms with van der Waals surface area (Å²) in [6, 6.07) is 7.35. The van der Waals surface area contributed by atoms with Crippen LogP contribution in [0.25, 0.3) is 0 Å². The highest BCUT2D eigenvalue weighted by molar-refractivity contribution is 5.33. The Kier molecular flexibility index (Phi) is 6.06. The lowest BCUT2D eigenvalue weighted by Gasteiger charge is -2.33. The van der Waals surface area contributed by atoms with Gasteiger partial charge in [-0.15, -0.1) is 0 Å². The Morgan fingerprint density at radius 3 is 2.59 bits per heavy atom. The second-order valence-corrected chi connectivity index (χ2v) is 6.15. The van der Waals surface area contributed by atoms with E-state index in [9.17, 15) is 10.2 Å². The molecule has 0 aliphatic carbocycles. The van der Waals surface area contributed by atoms with Crippen molar-refractivity contribution in [2.45, 2.75) is 50.9 Å². The molecule has 0 radical (unpaired) electrons. The predicted molar refractivity (Wildman–Crippen MR) is 83.3 cm³/mol. The SMILES string of the molecule is CC(C)Oc1cccc(OCC(O)CC2(O)CCOCC2)c1. The summed E-state index contributed by atoms with van der Waals surface area (Å²) < 4.78 is 16.4. The maximum absolute atomic E-state index is 10.4. The van der Waals surface area contributed by atoms with Crippen molar-refractivity contribution >= 4 is 0 Å². The third-order valence-corrected chi connectivity index (χ3v) is 3.66. The van der Waals surface area contributed by atoms with Crippen LogP contribution in [-0.4, -0.2) is 47.8 Å². The molecule has 2 N–H and O–H groups in total. The molecule has 1 atom stereocenters. The molecule has 0 spiro atoms. The van der Waals surface area contributed by atoms with Gasteiger partial charge in [-0.05, 0) is 38.8 Å². The lowest BCUT2D eigenvalue weighted by Crippen LogP contribution is -2.40. The maximum atomic E-state index is 10.4. The number of benzene rings is 1. The molecule has 1 fully saturated rings. The lowest BCUT2D eigenvalue weighted by molar-refractivity contribution is -0.0906. The summed E-state index contributed by atoms with van der Waals surface area (Å²) in [5.74, 6) is 1.39. The van der Waals surface area contributed by atoms with E-state index in [0.717, 1.165) is 5.75 Å². The summed E-state index contributed by atoms with van der Waals surface area (Å²) in [5, 5.41) is 20.5. The third-order valence-electron chi connectivity index (χ3n) is 3.66. The minimum Gasteiger partial charge on any atom is -0.491 e. The molecular formula is C17H26O5. The molecule has 0 saturated carbocycles. The van der Waals surface area contributed by atoms with E-state index in [1.807, 2.05) is 32.0 Å². The molecule has 5 heteroatoms. The van der Waals surface area contributed by atoms with E-state index in [2.05, 4.69) is 0 Å². The van der Waals surface area contributed by atoms with Gasteiger partial charge >= 0.3 is 0 Å². The van der Waals surface area contributed by atoms with Gasteiger partial charge in [0, 0.05) is 25.7 Å². The molecule has 0 aromatic heterocycles. The van der Waals surface area contributed by atoms with E-state index in [-0.39, 0.29) is 12.7 Å². The molecule has 2 rings (SSSR count). The first-order chi connectivity index (χ1) is 10.5. The second-order valence-electron chi connectivity index (χ2n) is 6.15. The number of aliphatic hydroxyl groups excluding tert-OH is 1. The molecule has 1 unspecified atom stereocenters. The summed E-state index contributed by atoms with van der Waals surface area (Å²) in [5.41, 5.74) is -0.844. The van der Waals surface area contributed by atoms with E-state index >= 15 is 0 Å². The van der Waals surface area contributed by atoms with Crippen molar-refractivity contribution in [3.05, 3.63) is 24.3 Å². The first-order valence-corrected chi connectivity index (χ1v) is 7.85. The van der Waals surface area contributed by atoms with Gasteiger partial charge in [-0.1, -0.05) is 6.07 Å². The number of aliphatic hydroxyl groups is 2. The smallest absolute Gasteiger partial charge is 0.123 e. The highest BCUT2D eigenvalue weighted by Gasteiger charge is 2.32. The van der Waals surface area contributed by atoms with Gasteiger partial charge in [-0.3, -0.25) is 0 Å². The van der Waals surface area contributed by atoms with Crippen LogP contribution < -0.4 is 9.47 Å². The van der Waals surface area contributed by atoms with Crippen LogP contribution in [0.5, 0.6) is 11.5 Å². The monoisotopic (exact) mass is 310 g/mol. The molecule has 5 nitrogen and oxygen atoms in total. The van der Waals surface area contributed by atoms with Crippen molar-refractivity contribution in [2.24, 2.45) is 0 Å². The summed E-state index contributed by atoms with van der Waals surface area (Å²) in [6.45, 7) is 5.16. The molecule has 22 heavy (non-hydrogen) atoms. The Bertz CT molecular complexity index is 454. The van der Waals surface area contributed by atoms with Crippen LogP contribution in [0.3, 0.4) is 0 Å². The van der Waals surface area contributed by atoms with Gasteiger partial charge in [-0.25, -0.2) is 0 Å². The Hall–Kier alpha value is -1.30. The van der Waals surface area contributed by atoms with Crippen molar-refractivity contribution in [1.82, 2.24) is 0 Å². The van der Waals surface area contributed by atoms with Crippen molar-refractivity contribution in [1.29, 1.82) is 0 Å². The molecule has 1 aromatic carbocycles. The highest BCUT2D eigenvalue weighted by atomic mass is 16.5. The first kappa shape index (κ1) is 17.1. The number of hydrogen-bond donors (Lipinski definition) is 2. The van der Waals surface area contributed by atoms with Crippen molar-refractivity contribution in [2.75, 3.05) is 19.8 Å². The van der Waals surface area contributed by atoms with Crippen molar-refractivity contribution < 1.29 is 24.4 Å². The molecule has 1 aliphatic heterocycles. The van der Waals surface area contributed by atoms with E-state index in [0.29, 0.717) is 38.2 Å². The summed E-state index contributed by atoms with van der Waals surface area (Å²) >= 11 is 0. The molecule has 1 aliphatic rings. The van der Waals surface area contributed by atoms with Crippen molar-refractivity contribution in [3.63, 3.8) is 0 Å². The number of hydrogen-bond acceptors (Lipinski definition) is 5. The quantitative estimate of drug-likeness (QED) is 0.807. The van der Waals surface area contributed by atoms with E-state index in [4.69, 9.17) is 14.2 Å². The van der Waals surface area contributed by atoms with E-state index in [1.54, 1.807) is 6.07 Å². The second kappa shape index (κ2) is 7.81. The molecule has 1 heterocycles. The van der Waals surface area contributed by atoms with Gasteiger partial charge in [0.15, 0.2) is 0 Å². The molecular weight excluding hydrogens is 284 g/mol. The van der Waals surface area contributed by atoms with Crippen LogP contribution in [0, 0.1) is 0 Å². The Labute approximate surface area is 131 Å². The topological polar surface area (TPSA) is 68.2 Å². The lowest BCUT2D eigenvalue weighted by atomic mass is 9.88. The zero-order valence-electron chi connectivity index (χ0n) is 13.3. The van der Waals surface area contributed by atoms with Crippen LogP contribution in [0.2, 0.25) is 0 Å². The predicted octanol–water partition coefficient (Wildman–Crippen LogP) is 2.15. The fraction of sp³-hybridized carbons (Fsp3) is 0.647. The minimum atomic E-state index is -0.844. The fourth-order valence-electron chi connectivity index (χ4n) is 2.55. The largest absolute Gasteiger partial charge is 0.491 e. The van der Waals surface area contributed by atoms with Crippen LogP contribution in [0.15, 0.2) is 24.3 Å². The fourth-order valence-corrected chi connectivity index (χ4v) is 2.55. The minimum absolute atomic E-state index is 0.101. The first-order valence-electron chi connectivity index (χ1n) is 7.85. The van der Waals surface area contributed by atoms with Crippen LogP contribution >= 0.6 is 0 Å². The maximum Gasteiger partial charge on any atom is 0.123 e. The normalized spacial score (nSPS) is 19.0. The van der Waals surface area contributed by atoms with Crippen molar-refractivity contribution in [3.8, 4) is 11.5 Å². The molecule has 0 amide bonds.